The number of carbonyl (C=O) groups is 2. The predicted octanol–water partition coefficient (Wildman–Crippen LogP) is 6.32. The molecule has 1 fully saturated rings. The SMILES string of the molecule is COc1ccc(C(OCC2CN(C(=O)CCCCCNC(=O)OCc3ccccc3)CC2O)(c2ccccc2)c2ccc(OC)cc2)cc1. The number of rotatable bonds is 16. The van der Waals surface area contributed by atoms with E-state index >= 15 is 0 Å². The Bertz CT molecular complexity index is 1550. The van der Waals surface area contributed by atoms with E-state index in [0.717, 1.165) is 46.6 Å². The van der Waals surface area contributed by atoms with Gasteiger partial charge in [-0.15, -0.1) is 0 Å². The van der Waals surface area contributed by atoms with Crippen molar-refractivity contribution < 1.29 is 33.6 Å². The average molecular weight is 667 g/mol. The van der Waals surface area contributed by atoms with Gasteiger partial charge in [0, 0.05) is 32.0 Å². The molecule has 4 aromatic carbocycles. The lowest BCUT2D eigenvalue weighted by molar-refractivity contribution is -0.130. The van der Waals surface area contributed by atoms with Gasteiger partial charge in [-0.1, -0.05) is 91.3 Å². The fraction of sp³-hybridized carbons (Fsp3) is 0.350. The van der Waals surface area contributed by atoms with E-state index in [1.54, 1.807) is 19.1 Å². The third kappa shape index (κ3) is 9.19. The van der Waals surface area contributed by atoms with E-state index in [2.05, 4.69) is 5.32 Å². The van der Waals surface area contributed by atoms with Gasteiger partial charge in [0.2, 0.25) is 5.91 Å². The molecular weight excluding hydrogens is 620 g/mol. The molecular formula is C40H46N2O7. The van der Waals surface area contributed by atoms with Crippen molar-refractivity contribution in [1.29, 1.82) is 0 Å². The van der Waals surface area contributed by atoms with Crippen LogP contribution in [0, 0.1) is 5.92 Å². The molecule has 2 unspecified atom stereocenters. The van der Waals surface area contributed by atoms with Gasteiger partial charge >= 0.3 is 6.09 Å². The molecule has 2 amide bonds. The quantitative estimate of drug-likeness (QED) is 0.107. The van der Waals surface area contributed by atoms with Gasteiger partial charge < -0.3 is 34.3 Å². The molecule has 49 heavy (non-hydrogen) atoms. The second-order valence-corrected chi connectivity index (χ2v) is 12.2. The van der Waals surface area contributed by atoms with E-state index in [1.807, 2.05) is 109 Å². The molecule has 9 heteroatoms. The third-order valence-corrected chi connectivity index (χ3v) is 9.00. The van der Waals surface area contributed by atoms with Crippen LogP contribution in [0.4, 0.5) is 4.79 Å². The molecule has 4 aromatic rings. The van der Waals surface area contributed by atoms with Crippen LogP contribution in [0.1, 0.15) is 47.9 Å². The molecule has 1 heterocycles. The van der Waals surface area contributed by atoms with Crippen LogP contribution in [-0.4, -0.2) is 68.6 Å². The zero-order valence-electron chi connectivity index (χ0n) is 28.3. The van der Waals surface area contributed by atoms with E-state index in [0.29, 0.717) is 25.9 Å². The summed E-state index contributed by atoms with van der Waals surface area (Å²) in [7, 11) is 3.27. The van der Waals surface area contributed by atoms with Gasteiger partial charge in [-0.25, -0.2) is 4.79 Å². The van der Waals surface area contributed by atoms with E-state index in [-0.39, 0.29) is 31.6 Å². The maximum Gasteiger partial charge on any atom is 0.407 e. The Hall–Kier alpha value is -4.86. The number of aliphatic hydroxyl groups excluding tert-OH is 1. The summed E-state index contributed by atoms with van der Waals surface area (Å²) in [5, 5.41) is 13.9. The fourth-order valence-corrected chi connectivity index (χ4v) is 6.23. The second kappa shape index (κ2) is 17.5. The number of unbranched alkanes of at least 4 members (excludes halogenated alkanes) is 2. The normalized spacial score (nSPS) is 15.9. The highest BCUT2D eigenvalue weighted by atomic mass is 16.5. The monoisotopic (exact) mass is 666 g/mol. The molecule has 1 saturated heterocycles. The van der Waals surface area contributed by atoms with Crippen LogP contribution in [0.15, 0.2) is 109 Å². The fourth-order valence-electron chi connectivity index (χ4n) is 6.23. The van der Waals surface area contributed by atoms with E-state index in [4.69, 9.17) is 18.9 Å². The Labute approximate surface area is 288 Å². The number of β-amino-alcohol motifs (C(OH)–C–C–N with tert-alkyl or cyclic N) is 1. The number of hydrogen-bond donors (Lipinski definition) is 2. The van der Waals surface area contributed by atoms with Crippen LogP contribution in [0.2, 0.25) is 0 Å². The Morgan fingerprint density at radius 2 is 1.33 bits per heavy atom. The Morgan fingerprint density at radius 1 is 0.755 bits per heavy atom. The number of hydrogen-bond acceptors (Lipinski definition) is 7. The zero-order valence-corrected chi connectivity index (χ0v) is 28.3. The molecule has 5 rings (SSSR count). The number of aliphatic hydroxyl groups is 1. The molecule has 1 aliphatic heterocycles. The largest absolute Gasteiger partial charge is 0.497 e. The van der Waals surface area contributed by atoms with Crippen molar-refractivity contribution in [2.75, 3.05) is 40.5 Å². The minimum Gasteiger partial charge on any atom is -0.497 e. The number of alkyl carbamates (subject to hydrolysis) is 1. The van der Waals surface area contributed by atoms with Gasteiger partial charge in [0.25, 0.3) is 0 Å². The highest BCUT2D eigenvalue weighted by Crippen LogP contribution is 2.42. The smallest absolute Gasteiger partial charge is 0.407 e. The van der Waals surface area contributed by atoms with Crippen molar-refractivity contribution in [3.05, 3.63) is 131 Å². The summed E-state index contributed by atoms with van der Waals surface area (Å²) < 4.78 is 23.1. The summed E-state index contributed by atoms with van der Waals surface area (Å²) in [5.41, 5.74) is 2.68. The maximum atomic E-state index is 13.1. The zero-order chi connectivity index (χ0) is 34.5. The Kier molecular flexibility index (Phi) is 12.7. The minimum atomic E-state index is -1.00. The highest BCUT2D eigenvalue weighted by molar-refractivity contribution is 5.76. The first kappa shape index (κ1) is 35.4. The molecule has 0 aliphatic carbocycles. The number of nitrogens with zero attached hydrogens (tertiary/aromatic N) is 1. The molecule has 0 saturated carbocycles. The van der Waals surface area contributed by atoms with Crippen molar-refractivity contribution in [2.24, 2.45) is 5.92 Å². The van der Waals surface area contributed by atoms with Gasteiger partial charge in [-0.05, 0) is 59.4 Å². The van der Waals surface area contributed by atoms with Crippen LogP contribution in [0.3, 0.4) is 0 Å². The maximum absolute atomic E-state index is 13.1. The van der Waals surface area contributed by atoms with E-state index in [1.165, 1.54) is 0 Å². The predicted molar refractivity (Wildman–Crippen MR) is 187 cm³/mol. The van der Waals surface area contributed by atoms with Crippen LogP contribution in [0.5, 0.6) is 11.5 Å². The van der Waals surface area contributed by atoms with Crippen molar-refractivity contribution in [3.63, 3.8) is 0 Å². The molecule has 2 N–H and O–H groups in total. The number of benzene rings is 4. The summed E-state index contributed by atoms with van der Waals surface area (Å²) in [5.74, 6) is 1.21. The van der Waals surface area contributed by atoms with Crippen LogP contribution in [-0.2, 0) is 26.5 Å². The third-order valence-electron chi connectivity index (χ3n) is 9.00. The number of carbonyl (C=O) groups excluding carboxylic acids is 2. The van der Waals surface area contributed by atoms with E-state index < -0.39 is 17.8 Å². The standard InChI is InChI=1S/C40H46N2O7/c1-46-35-21-17-33(18-22-35)40(32-14-8-4-9-15-32,34-19-23-36(47-2)24-20-34)49-29-31-26-42(27-37(31)43)38(44)16-10-5-11-25-41-39(45)48-28-30-12-6-3-7-13-30/h3-4,6-9,12-15,17-24,31,37,43H,5,10-11,16,25-29H2,1-2H3,(H,41,45). The molecule has 2 atom stereocenters. The van der Waals surface area contributed by atoms with Gasteiger partial charge in [0.1, 0.15) is 23.7 Å². The first-order valence-electron chi connectivity index (χ1n) is 16.8. The van der Waals surface area contributed by atoms with Gasteiger partial charge in [0.15, 0.2) is 0 Å². The van der Waals surface area contributed by atoms with Crippen molar-refractivity contribution in [1.82, 2.24) is 10.2 Å². The lowest BCUT2D eigenvalue weighted by Crippen LogP contribution is -2.36. The van der Waals surface area contributed by atoms with Crippen LogP contribution >= 0.6 is 0 Å². The van der Waals surface area contributed by atoms with E-state index in [9.17, 15) is 14.7 Å². The van der Waals surface area contributed by atoms with Crippen LogP contribution in [0.25, 0.3) is 0 Å². The summed E-state index contributed by atoms with van der Waals surface area (Å²) in [6.45, 7) is 1.61. The molecule has 0 bridgehead atoms. The number of nitrogens with one attached hydrogen (secondary N) is 1. The molecule has 258 valence electrons. The number of amides is 2. The average Bonchev–Trinajstić information content (AvgIpc) is 3.53. The molecule has 1 aliphatic rings. The van der Waals surface area contributed by atoms with Gasteiger partial charge in [-0.3, -0.25) is 4.79 Å². The van der Waals surface area contributed by atoms with Gasteiger partial charge in [0.05, 0.1) is 26.9 Å². The molecule has 0 spiro atoms. The Morgan fingerprint density at radius 3 is 1.92 bits per heavy atom. The molecule has 0 radical (unpaired) electrons. The molecule has 9 nitrogen and oxygen atoms in total. The highest BCUT2D eigenvalue weighted by Gasteiger charge is 2.41. The number of methoxy groups -OCH3 is 2. The lowest BCUT2D eigenvalue weighted by atomic mass is 9.80. The summed E-state index contributed by atoms with van der Waals surface area (Å²) in [4.78, 5) is 26.8. The van der Waals surface area contributed by atoms with Crippen LogP contribution < -0.4 is 14.8 Å². The van der Waals surface area contributed by atoms with Crippen molar-refractivity contribution in [3.8, 4) is 11.5 Å². The molecule has 0 aromatic heterocycles. The Balaban J connectivity index is 1.17. The summed E-state index contributed by atoms with van der Waals surface area (Å²) >= 11 is 0. The first-order chi connectivity index (χ1) is 23.9. The van der Waals surface area contributed by atoms with Gasteiger partial charge in [-0.2, -0.15) is 0 Å². The second-order valence-electron chi connectivity index (χ2n) is 12.2. The lowest BCUT2D eigenvalue weighted by Gasteiger charge is -2.37. The number of likely N-dealkylation sites (tertiary alicyclic amines) is 1. The minimum absolute atomic E-state index is 0.0106. The summed E-state index contributed by atoms with van der Waals surface area (Å²) in [6, 6.07) is 35.2. The first-order valence-corrected chi connectivity index (χ1v) is 16.8. The summed E-state index contributed by atoms with van der Waals surface area (Å²) in [6.07, 6.45) is 1.44. The van der Waals surface area contributed by atoms with Crippen molar-refractivity contribution in [2.45, 2.75) is 44.0 Å². The number of ether oxygens (including phenoxy) is 4. The van der Waals surface area contributed by atoms with Crippen molar-refractivity contribution >= 4 is 12.0 Å². The topological polar surface area (TPSA) is 107 Å².